The SMILES string of the molecule is COc1ccc(F)c(C[C@H](N)CN2CCCC2)c1. The maximum absolute atomic E-state index is 13.7. The number of likely N-dealkylation sites (tertiary alicyclic amines) is 1. The van der Waals surface area contributed by atoms with E-state index in [0.717, 1.165) is 19.6 Å². The fourth-order valence-electron chi connectivity index (χ4n) is 2.48. The number of benzene rings is 1. The second kappa shape index (κ2) is 6.16. The summed E-state index contributed by atoms with van der Waals surface area (Å²) in [5, 5.41) is 0. The predicted octanol–water partition coefficient (Wildman–Crippen LogP) is 1.80. The van der Waals surface area contributed by atoms with Gasteiger partial charge in [-0.1, -0.05) is 0 Å². The van der Waals surface area contributed by atoms with Crippen LogP contribution in [0, 0.1) is 5.82 Å². The first-order chi connectivity index (χ1) is 8.69. The molecule has 3 nitrogen and oxygen atoms in total. The molecule has 0 saturated carbocycles. The number of hydrogen-bond donors (Lipinski definition) is 1. The van der Waals surface area contributed by atoms with Gasteiger partial charge in [-0.05, 0) is 56.1 Å². The third kappa shape index (κ3) is 3.43. The minimum atomic E-state index is -0.201. The van der Waals surface area contributed by atoms with E-state index in [9.17, 15) is 4.39 Å². The molecule has 0 amide bonds. The topological polar surface area (TPSA) is 38.5 Å². The Morgan fingerprint density at radius 2 is 2.11 bits per heavy atom. The number of rotatable bonds is 5. The highest BCUT2D eigenvalue weighted by Crippen LogP contribution is 2.18. The van der Waals surface area contributed by atoms with Gasteiger partial charge < -0.3 is 15.4 Å². The number of nitrogens with two attached hydrogens (primary N) is 1. The Kier molecular flexibility index (Phi) is 4.55. The summed E-state index contributed by atoms with van der Waals surface area (Å²) in [5.41, 5.74) is 6.74. The summed E-state index contributed by atoms with van der Waals surface area (Å²) in [6, 6.07) is 4.78. The molecule has 0 aromatic heterocycles. The van der Waals surface area contributed by atoms with Crippen LogP contribution in [0.3, 0.4) is 0 Å². The van der Waals surface area contributed by atoms with Crippen molar-refractivity contribution in [2.24, 2.45) is 5.73 Å². The lowest BCUT2D eigenvalue weighted by molar-refractivity contribution is 0.312. The lowest BCUT2D eigenvalue weighted by Crippen LogP contribution is -2.37. The zero-order valence-electron chi connectivity index (χ0n) is 10.9. The van der Waals surface area contributed by atoms with Gasteiger partial charge in [0.05, 0.1) is 7.11 Å². The summed E-state index contributed by atoms with van der Waals surface area (Å²) in [5.74, 6) is 0.479. The third-order valence-electron chi connectivity index (χ3n) is 3.43. The maximum Gasteiger partial charge on any atom is 0.126 e. The van der Waals surface area contributed by atoms with E-state index in [1.807, 2.05) is 0 Å². The highest BCUT2D eigenvalue weighted by Gasteiger charge is 2.16. The summed E-state index contributed by atoms with van der Waals surface area (Å²) in [6.45, 7) is 3.08. The molecule has 100 valence electrons. The molecule has 1 saturated heterocycles. The van der Waals surface area contributed by atoms with Crippen molar-refractivity contribution in [1.82, 2.24) is 4.90 Å². The van der Waals surface area contributed by atoms with Crippen LogP contribution in [0.2, 0.25) is 0 Å². The number of methoxy groups -OCH3 is 1. The highest BCUT2D eigenvalue weighted by molar-refractivity contribution is 5.30. The molecule has 18 heavy (non-hydrogen) atoms. The zero-order valence-corrected chi connectivity index (χ0v) is 10.9. The van der Waals surface area contributed by atoms with Crippen molar-refractivity contribution in [1.29, 1.82) is 0 Å². The van der Waals surface area contributed by atoms with Crippen LogP contribution >= 0.6 is 0 Å². The van der Waals surface area contributed by atoms with E-state index in [1.165, 1.54) is 18.9 Å². The number of halogens is 1. The molecule has 0 aliphatic carbocycles. The molecular weight excluding hydrogens is 231 g/mol. The Hall–Kier alpha value is -1.13. The minimum absolute atomic E-state index is 0.0234. The molecule has 1 aliphatic rings. The summed E-state index contributed by atoms with van der Waals surface area (Å²) < 4.78 is 18.8. The number of hydrogen-bond acceptors (Lipinski definition) is 3. The normalized spacial score (nSPS) is 17.9. The van der Waals surface area contributed by atoms with Gasteiger partial charge in [-0.25, -0.2) is 4.39 Å². The van der Waals surface area contributed by atoms with Gasteiger partial charge in [-0.15, -0.1) is 0 Å². The molecule has 0 radical (unpaired) electrons. The Bertz CT molecular complexity index is 391. The molecule has 0 spiro atoms. The van der Waals surface area contributed by atoms with E-state index in [1.54, 1.807) is 19.2 Å². The van der Waals surface area contributed by atoms with Crippen molar-refractivity contribution in [3.63, 3.8) is 0 Å². The molecule has 1 heterocycles. The number of nitrogens with zero attached hydrogens (tertiary/aromatic N) is 1. The van der Waals surface area contributed by atoms with Crippen molar-refractivity contribution in [3.05, 3.63) is 29.6 Å². The molecule has 1 aromatic carbocycles. The lowest BCUT2D eigenvalue weighted by atomic mass is 10.1. The van der Waals surface area contributed by atoms with Gasteiger partial charge in [-0.3, -0.25) is 0 Å². The summed E-state index contributed by atoms with van der Waals surface area (Å²) in [6.07, 6.45) is 3.06. The van der Waals surface area contributed by atoms with Gasteiger partial charge in [0.2, 0.25) is 0 Å². The van der Waals surface area contributed by atoms with Crippen molar-refractivity contribution >= 4 is 0 Å². The Balaban J connectivity index is 1.94. The monoisotopic (exact) mass is 252 g/mol. The zero-order chi connectivity index (χ0) is 13.0. The quantitative estimate of drug-likeness (QED) is 0.868. The molecule has 4 heteroatoms. The van der Waals surface area contributed by atoms with Gasteiger partial charge in [0.1, 0.15) is 11.6 Å². The van der Waals surface area contributed by atoms with Gasteiger partial charge >= 0.3 is 0 Å². The van der Waals surface area contributed by atoms with E-state index in [2.05, 4.69) is 4.90 Å². The van der Waals surface area contributed by atoms with E-state index in [-0.39, 0.29) is 11.9 Å². The van der Waals surface area contributed by atoms with E-state index in [0.29, 0.717) is 17.7 Å². The summed E-state index contributed by atoms with van der Waals surface area (Å²) >= 11 is 0. The fourth-order valence-corrected chi connectivity index (χ4v) is 2.48. The van der Waals surface area contributed by atoms with Crippen LogP contribution in [0.15, 0.2) is 18.2 Å². The molecule has 1 atom stereocenters. The predicted molar refractivity (Wildman–Crippen MR) is 70.3 cm³/mol. The van der Waals surface area contributed by atoms with Crippen LogP contribution in [0.1, 0.15) is 18.4 Å². The van der Waals surface area contributed by atoms with E-state index < -0.39 is 0 Å². The first-order valence-corrected chi connectivity index (χ1v) is 6.49. The molecular formula is C14H21FN2O. The molecule has 0 unspecified atom stereocenters. The smallest absolute Gasteiger partial charge is 0.126 e. The van der Waals surface area contributed by atoms with Gasteiger partial charge in [-0.2, -0.15) is 0 Å². The molecule has 1 fully saturated rings. The minimum Gasteiger partial charge on any atom is -0.497 e. The number of ether oxygens (including phenoxy) is 1. The van der Waals surface area contributed by atoms with Crippen LogP contribution in [0.5, 0.6) is 5.75 Å². The summed E-state index contributed by atoms with van der Waals surface area (Å²) in [7, 11) is 1.58. The van der Waals surface area contributed by atoms with Crippen LogP contribution < -0.4 is 10.5 Å². The highest BCUT2D eigenvalue weighted by atomic mass is 19.1. The van der Waals surface area contributed by atoms with Crippen molar-refractivity contribution in [3.8, 4) is 5.75 Å². The standard InChI is InChI=1S/C14H21FN2O/c1-18-13-4-5-14(15)11(9-13)8-12(16)10-17-6-2-3-7-17/h4-5,9,12H,2-3,6-8,10,16H2,1H3/t12-/m0/s1. The first-order valence-electron chi connectivity index (χ1n) is 6.49. The average molecular weight is 252 g/mol. The van der Waals surface area contributed by atoms with Crippen LogP contribution in [0.25, 0.3) is 0 Å². The van der Waals surface area contributed by atoms with E-state index in [4.69, 9.17) is 10.5 Å². The largest absolute Gasteiger partial charge is 0.497 e. The molecule has 2 rings (SSSR count). The Morgan fingerprint density at radius 1 is 1.39 bits per heavy atom. The average Bonchev–Trinajstić information content (AvgIpc) is 2.84. The van der Waals surface area contributed by atoms with Crippen LogP contribution in [0.4, 0.5) is 4.39 Å². The second-order valence-corrected chi connectivity index (χ2v) is 4.93. The van der Waals surface area contributed by atoms with Crippen LogP contribution in [-0.4, -0.2) is 37.7 Å². The lowest BCUT2D eigenvalue weighted by Gasteiger charge is -2.20. The Morgan fingerprint density at radius 3 is 2.78 bits per heavy atom. The van der Waals surface area contributed by atoms with Crippen LogP contribution in [-0.2, 0) is 6.42 Å². The van der Waals surface area contributed by atoms with Crippen molar-refractivity contribution in [2.75, 3.05) is 26.7 Å². The fraction of sp³-hybridized carbons (Fsp3) is 0.571. The Labute approximate surface area is 108 Å². The molecule has 1 aliphatic heterocycles. The van der Waals surface area contributed by atoms with Gasteiger partial charge in [0.25, 0.3) is 0 Å². The second-order valence-electron chi connectivity index (χ2n) is 4.93. The van der Waals surface area contributed by atoms with Crippen molar-refractivity contribution < 1.29 is 9.13 Å². The molecule has 2 N–H and O–H groups in total. The van der Waals surface area contributed by atoms with Crippen molar-refractivity contribution in [2.45, 2.75) is 25.3 Å². The third-order valence-corrected chi connectivity index (χ3v) is 3.43. The van der Waals surface area contributed by atoms with Gasteiger partial charge in [0.15, 0.2) is 0 Å². The van der Waals surface area contributed by atoms with E-state index >= 15 is 0 Å². The van der Waals surface area contributed by atoms with Gasteiger partial charge in [0, 0.05) is 12.6 Å². The first kappa shape index (κ1) is 13.3. The maximum atomic E-state index is 13.7. The summed E-state index contributed by atoms with van der Waals surface area (Å²) in [4.78, 5) is 2.35. The molecule has 1 aromatic rings. The molecule has 0 bridgehead atoms.